The molecule has 7 nitrogen and oxygen atoms in total. The first-order valence-electron chi connectivity index (χ1n) is 6.78. The highest BCUT2D eigenvalue weighted by Gasteiger charge is 2.34. The summed E-state index contributed by atoms with van der Waals surface area (Å²) >= 11 is 0. The van der Waals surface area contributed by atoms with Crippen molar-refractivity contribution in [3.05, 3.63) is 29.8 Å². The molecule has 8 heteroatoms. The van der Waals surface area contributed by atoms with Gasteiger partial charge in [0.2, 0.25) is 5.91 Å². The van der Waals surface area contributed by atoms with Gasteiger partial charge in [0.15, 0.2) is 0 Å². The number of nitrogens with zero attached hydrogens (tertiary/aromatic N) is 1. The second kappa shape index (κ2) is 6.73. The van der Waals surface area contributed by atoms with Crippen LogP contribution in [0.4, 0.5) is 5.69 Å². The van der Waals surface area contributed by atoms with E-state index in [9.17, 15) is 19.0 Å². The summed E-state index contributed by atoms with van der Waals surface area (Å²) in [5.41, 5.74) is 1.50. The maximum absolute atomic E-state index is 11.6. The molecule has 0 bridgehead atoms. The maximum Gasteiger partial charge on any atom is 0.224 e. The number of aliphatic hydroxyl groups is 1. The van der Waals surface area contributed by atoms with Gasteiger partial charge in [-0.05, 0) is 24.1 Å². The SMILES string of the molecule is CCCC(=O)Nc1cccc(CN2CC(O)NS2(O)O)c1. The molecule has 0 spiro atoms. The molecule has 1 heterocycles. The van der Waals surface area contributed by atoms with E-state index in [-0.39, 0.29) is 19.0 Å². The molecule has 5 N–H and O–H groups in total. The van der Waals surface area contributed by atoms with Crippen molar-refractivity contribution >= 4 is 22.6 Å². The molecule has 118 valence electrons. The molecule has 1 aromatic carbocycles. The lowest BCUT2D eigenvalue weighted by Gasteiger charge is -2.35. The van der Waals surface area contributed by atoms with Crippen molar-refractivity contribution in [1.29, 1.82) is 0 Å². The van der Waals surface area contributed by atoms with E-state index in [1.807, 2.05) is 13.0 Å². The number of carbonyl (C=O) groups excluding carboxylic acids is 1. The van der Waals surface area contributed by atoms with Gasteiger partial charge in [0.1, 0.15) is 6.23 Å². The molecule has 1 amide bonds. The Bertz CT molecular complexity index is 512. The maximum atomic E-state index is 11.6. The molecule has 1 aliphatic rings. The average molecular weight is 315 g/mol. The Labute approximate surface area is 125 Å². The second-order valence-corrected chi connectivity index (χ2v) is 6.76. The van der Waals surface area contributed by atoms with E-state index in [2.05, 4.69) is 10.0 Å². The Morgan fingerprint density at radius 2 is 2.29 bits per heavy atom. The molecule has 1 unspecified atom stereocenters. The zero-order valence-electron chi connectivity index (χ0n) is 11.8. The van der Waals surface area contributed by atoms with Gasteiger partial charge >= 0.3 is 0 Å². The highest BCUT2D eigenvalue weighted by atomic mass is 32.3. The van der Waals surface area contributed by atoms with Crippen molar-refractivity contribution in [3.63, 3.8) is 0 Å². The van der Waals surface area contributed by atoms with E-state index >= 15 is 0 Å². The van der Waals surface area contributed by atoms with E-state index in [4.69, 9.17) is 0 Å². The van der Waals surface area contributed by atoms with Crippen LogP contribution >= 0.6 is 11.0 Å². The first-order valence-corrected chi connectivity index (χ1v) is 8.28. The second-order valence-electron chi connectivity index (χ2n) is 4.97. The van der Waals surface area contributed by atoms with E-state index < -0.39 is 17.2 Å². The van der Waals surface area contributed by atoms with Crippen LogP contribution in [0.15, 0.2) is 24.3 Å². The largest absolute Gasteiger partial charge is 0.376 e. The van der Waals surface area contributed by atoms with Crippen molar-refractivity contribution in [3.8, 4) is 0 Å². The van der Waals surface area contributed by atoms with Crippen molar-refractivity contribution in [2.75, 3.05) is 11.9 Å². The van der Waals surface area contributed by atoms with E-state index in [0.29, 0.717) is 12.1 Å². The van der Waals surface area contributed by atoms with E-state index in [0.717, 1.165) is 12.0 Å². The zero-order chi connectivity index (χ0) is 15.5. The summed E-state index contributed by atoms with van der Waals surface area (Å²) in [6.45, 7) is 2.34. The van der Waals surface area contributed by atoms with Gasteiger partial charge in [-0.3, -0.25) is 13.9 Å². The normalized spacial score (nSPS) is 23.0. The quantitative estimate of drug-likeness (QED) is 0.567. The van der Waals surface area contributed by atoms with E-state index in [1.54, 1.807) is 18.2 Å². The molecule has 2 rings (SSSR count). The van der Waals surface area contributed by atoms with Gasteiger partial charge in [-0.1, -0.05) is 30.0 Å². The number of rotatable bonds is 5. The van der Waals surface area contributed by atoms with Crippen LogP contribution < -0.4 is 10.0 Å². The summed E-state index contributed by atoms with van der Waals surface area (Å²) in [6, 6.07) is 7.19. The standard InChI is InChI=1S/C13H21N3O4S/c1-2-4-12(17)14-11-6-3-5-10(7-11)8-16-9-13(18)15-21(16,19)20/h3,5-7,13,15,18-20H,2,4,8-9H2,1H3,(H,14,17). The summed E-state index contributed by atoms with van der Waals surface area (Å²) in [4.78, 5) is 11.6. The molecule has 1 saturated heterocycles. The lowest BCUT2D eigenvalue weighted by molar-refractivity contribution is -0.116. The molecular weight excluding hydrogens is 294 g/mol. The number of hydrogen-bond acceptors (Lipinski definition) is 6. The molecular formula is C13H21N3O4S. The molecule has 1 atom stereocenters. The van der Waals surface area contributed by atoms with Crippen LogP contribution in [0.2, 0.25) is 0 Å². The fourth-order valence-corrected chi connectivity index (χ4v) is 3.41. The predicted octanol–water partition coefficient (Wildman–Crippen LogP) is 1.73. The number of β-amino-alcohol motifs (C(OH)–C–C–N with tert-alkyl or cyclic N) is 1. The highest BCUT2D eigenvalue weighted by Crippen LogP contribution is 2.44. The minimum absolute atomic E-state index is 0.0443. The van der Waals surface area contributed by atoms with Gasteiger partial charge in [-0.25, -0.2) is 0 Å². The third-order valence-electron chi connectivity index (χ3n) is 3.08. The van der Waals surface area contributed by atoms with Crippen LogP contribution in [0.5, 0.6) is 0 Å². The third-order valence-corrected chi connectivity index (χ3v) is 4.66. The first-order chi connectivity index (χ1) is 9.90. The minimum Gasteiger partial charge on any atom is -0.376 e. The number of nitrogens with one attached hydrogen (secondary N) is 2. The molecule has 0 saturated carbocycles. The molecule has 21 heavy (non-hydrogen) atoms. The van der Waals surface area contributed by atoms with Gasteiger partial charge in [0.25, 0.3) is 0 Å². The molecule has 0 radical (unpaired) electrons. The molecule has 1 fully saturated rings. The number of hydrogen-bond donors (Lipinski definition) is 5. The van der Waals surface area contributed by atoms with Gasteiger partial charge in [0, 0.05) is 18.7 Å². The molecule has 0 aromatic heterocycles. The Morgan fingerprint density at radius 3 is 2.90 bits per heavy atom. The summed E-state index contributed by atoms with van der Waals surface area (Å²) in [6.07, 6.45) is 0.291. The number of carbonyl (C=O) groups is 1. The highest BCUT2D eigenvalue weighted by molar-refractivity contribution is 8.20. The Hall–Kier alpha value is -1.16. The number of aliphatic hydroxyl groups excluding tert-OH is 1. The predicted molar refractivity (Wildman–Crippen MR) is 82.4 cm³/mol. The molecule has 1 aliphatic heterocycles. The number of benzene rings is 1. The Balaban J connectivity index is 2.03. The van der Waals surface area contributed by atoms with Gasteiger partial charge < -0.3 is 10.4 Å². The fraction of sp³-hybridized carbons (Fsp3) is 0.462. The van der Waals surface area contributed by atoms with E-state index in [1.165, 1.54) is 4.31 Å². The Morgan fingerprint density at radius 1 is 1.52 bits per heavy atom. The minimum atomic E-state index is -3.13. The van der Waals surface area contributed by atoms with Gasteiger partial charge in [0.05, 0.1) is 6.54 Å². The van der Waals surface area contributed by atoms with Crippen molar-refractivity contribution < 1.29 is 19.0 Å². The Kier molecular flexibility index (Phi) is 5.20. The van der Waals surface area contributed by atoms with Crippen molar-refractivity contribution in [2.45, 2.75) is 32.5 Å². The first kappa shape index (κ1) is 16.2. The third kappa shape index (κ3) is 4.40. The number of anilines is 1. The summed E-state index contributed by atoms with van der Waals surface area (Å²) in [7, 11) is -3.13. The topological polar surface area (TPSA) is 105 Å². The smallest absolute Gasteiger partial charge is 0.224 e. The fourth-order valence-electron chi connectivity index (χ4n) is 2.15. The number of amides is 1. The average Bonchev–Trinajstić information content (AvgIpc) is 2.62. The molecule has 0 aliphatic carbocycles. The van der Waals surface area contributed by atoms with Crippen LogP contribution in [0.25, 0.3) is 0 Å². The van der Waals surface area contributed by atoms with Gasteiger partial charge in [-0.15, -0.1) is 0 Å². The van der Waals surface area contributed by atoms with Crippen LogP contribution in [0.3, 0.4) is 0 Å². The van der Waals surface area contributed by atoms with Crippen molar-refractivity contribution in [2.24, 2.45) is 0 Å². The summed E-state index contributed by atoms with van der Waals surface area (Å²) < 4.78 is 23.3. The van der Waals surface area contributed by atoms with Crippen LogP contribution in [0.1, 0.15) is 25.3 Å². The lowest BCUT2D eigenvalue weighted by Crippen LogP contribution is -2.25. The summed E-state index contributed by atoms with van der Waals surface area (Å²) in [5, 5.41) is 12.2. The molecule has 1 aromatic rings. The monoisotopic (exact) mass is 315 g/mol. The summed E-state index contributed by atoms with van der Waals surface area (Å²) in [5.74, 6) is -0.0443. The lowest BCUT2D eigenvalue weighted by atomic mass is 10.2. The van der Waals surface area contributed by atoms with Crippen LogP contribution in [-0.2, 0) is 11.3 Å². The van der Waals surface area contributed by atoms with Crippen LogP contribution in [-0.4, -0.2) is 37.2 Å². The zero-order valence-corrected chi connectivity index (χ0v) is 12.6. The van der Waals surface area contributed by atoms with Crippen molar-refractivity contribution in [1.82, 2.24) is 9.03 Å². The van der Waals surface area contributed by atoms with Gasteiger partial charge in [-0.2, -0.15) is 9.03 Å². The van der Waals surface area contributed by atoms with Crippen LogP contribution in [0, 0.1) is 0 Å².